The van der Waals surface area contributed by atoms with E-state index < -0.39 is 6.10 Å². The van der Waals surface area contributed by atoms with E-state index in [0.29, 0.717) is 23.4 Å². The van der Waals surface area contributed by atoms with E-state index in [1.165, 1.54) is 0 Å². The van der Waals surface area contributed by atoms with Gasteiger partial charge in [-0.3, -0.25) is 4.79 Å². The lowest BCUT2D eigenvalue weighted by molar-refractivity contribution is 0.0903. The molecular formula is C13H16ClNO3. The second kappa shape index (κ2) is 5.69. The van der Waals surface area contributed by atoms with Crippen LogP contribution in [0.4, 0.5) is 0 Å². The molecule has 1 aliphatic carbocycles. The molecule has 0 saturated heterocycles. The number of halogens is 1. The molecule has 1 aliphatic rings. The van der Waals surface area contributed by atoms with Crippen LogP contribution in [0.15, 0.2) is 24.3 Å². The largest absolute Gasteiger partial charge is 0.396 e. The van der Waals surface area contributed by atoms with Gasteiger partial charge in [0.25, 0.3) is 5.91 Å². The normalized spacial score (nSPS) is 27.2. The van der Waals surface area contributed by atoms with Crippen molar-refractivity contribution in [3.05, 3.63) is 34.9 Å². The van der Waals surface area contributed by atoms with Gasteiger partial charge in [0.2, 0.25) is 0 Å². The fourth-order valence-electron chi connectivity index (χ4n) is 2.29. The van der Waals surface area contributed by atoms with Crippen LogP contribution in [0.2, 0.25) is 5.02 Å². The number of amides is 1. The third-order valence-corrected chi connectivity index (χ3v) is 3.59. The van der Waals surface area contributed by atoms with Gasteiger partial charge in [0.05, 0.1) is 6.10 Å². The van der Waals surface area contributed by atoms with Crippen LogP contribution in [0, 0.1) is 5.92 Å². The van der Waals surface area contributed by atoms with Crippen LogP contribution < -0.4 is 5.32 Å². The number of hydrogen-bond donors (Lipinski definition) is 3. The van der Waals surface area contributed by atoms with Crippen molar-refractivity contribution in [2.75, 3.05) is 6.61 Å². The Hall–Kier alpha value is -1.10. The molecule has 3 atom stereocenters. The maximum atomic E-state index is 11.9. The second-order valence-electron chi connectivity index (χ2n) is 4.66. The average molecular weight is 270 g/mol. The van der Waals surface area contributed by atoms with Crippen LogP contribution in [-0.4, -0.2) is 34.9 Å². The molecule has 18 heavy (non-hydrogen) atoms. The summed E-state index contributed by atoms with van der Waals surface area (Å²) in [4.78, 5) is 11.9. The molecule has 0 unspecified atom stereocenters. The smallest absolute Gasteiger partial charge is 0.251 e. The summed E-state index contributed by atoms with van der Waals surface area (Å²) < 4.78 is 0. The zero-order valence-corrected chi connectivity index (χ0v) is 10.6. The number of nitrogens with one attached hydrogen (secondary N) is 1. The van der Waals surface area contributed by atoms with Gasteiger partial charge < -0.3 is 15.5 Å². The Morgan fingerprint density at radius 1 is 1.33 bits per heavy atom. The van der Waals surface area contributed by atoms with Crippen LogP contribution in [0.5, 0.6) is 0 Å². The summed E-state index contributed by atoms with van der Waals surface area (Å²) in [5.41, 5.74) is 0.543. The molecule has 3 N–H and O–H groups in total. The molecule has 0 spiro atoms. The number of benzene rings is 1. The van der Waals surface area contributed by atoms with Crippen molar-refractivity contribution in [1.82, 2.24) is 5.32 Å². The van der Waals surface area contributed by atoms with Gasteiger partial charge >= 0.3 is 0 Å². The summed E-state index contributed by atoms with van der Waals surface area (Å²) in [6, 6.07) is 6.56. The molecule has 0 bridgehead atoms. The van der Waals surface area contributed by atoms with Crippen molar-refractivity contribution < 1.29 is 15.0 Å². The maximum absolute atomic E-state index is 11.9. The first-order valence-electron chi connectivity index (χ1n) is 5.95. The number of rotatable bonds is 3. The quantitative estimate of drug-likeness (QED) is 0.772. The lowest BCUT2D eigenvalue weighted by Crippen LogP contribution is -2.33. The second-order valence-corrected chi connectivity index (χ2v) is 5.10. The molecule has 5 heteroatoms. The van der Waals surface area contributed by atoms with Crippen molar-refractivity contribution >= 4 is 17.5 Å². The zero-order chi connectivity index (χ0) is 13.1. The average Bonchev–Trinajstić information content (AvgIpc) is 2.70. The van der Waals surface area contributed by atoms with Gasteiger partial charge in [-0.15, -0.1) is 0 Å². The molecule has 4 nitrogen and oxygen atoms in total. The third-order valence-electron chi connectivity index (χ3n) is 3.33. The predicted molar refractivity (Wildman–Crippen MR) is 68.5 cm³/mol. The molecule has 1 fully saturated rings. The molecule has 0 radical (unpaired) electrons. The van der Waals surface area contributed by atoms with E-state index >= 15 is 0 Å². The van der Waals surface area contributed by atoms with Crippen LogP contribution >= 0.6 is 11.6 Å². The number of aliphatic hydroxyl groups excluding tert-OH is 2. The summed E-state index contributed by atoms with van der Waals surface area (Å²) >= 11 is 5.75. The van der Waals surface area contributed by atoms with Crippen molar-refractivity contribution in [2.45, 2.75) is 25.0 Å². The minimum absolute atomic E-state index is 0.0471. The summed E-state index contributed by atoms with van der Waals surface area (Å²) in [5, 5.41) is 22.1. The first-order chi connectivity index (χ1) is 8.60. The van der Waals surface area contributed by atoms with Crippen LogP contribution in [0.1, 0.15) is 23.2 Å². The molecule has 0 aromatic heterocycles. The Bertz CT molecular complexity index is 421. The van der Waals surface area contributed by atoms with Crippen molar-refractivity contribution in [3.8, 4) is 0 Å². The van der Waals surface area contributed by atoms with Gasteiger partial charge in [-0.25, -0.2) is 0 Å². The third kappa shape index (κ3) is 3.02. The lowest BCUT2D eigenvalue weighted by Gasteiger charge is -2.12. The Morgan fingerprint density at radius 3 is 2.56 bits per heavy atom. The van der Waals surface area contributed by atoms with Gasteiger partial charge in [0.1, 0.15) is 0 Å². The number of hydrogen-bond acceptors (Lipinski definition) is 3. The molecule has 1 amide bonds. The molecule has 98 valence electrons. The monoisotopic (exact) mass is 269 g/mol. The highest BCUT2D eigenvalue weighted by Crippen LogP contribution is 2.25. The Kier molecular flexibility index (Phi) is 4.22. The SMILES string of the molecule is O=C(N[C@H]1C[C@H](CO)[C@H](O)C1)c1ccc(Cl)cc1. The minimum atomic E-state index is -0.537. The first kappa shape index (κ1) is 13.3. The minimum Gasteiger partial charge on any atom is -0.396 e. The highest BCUT2D eigenvalue weighted by atomic mass is 35.5. The van der Waals surface area contributed by atoms with Crippen LogP contribution in [0.3, 0.4) is 0 Å². The van der Waals surface area contributed by atoms with E-state index in [9.17, 15) is 9.90 Å². The van der Waals surface area contributed by atoms with Crippen molar-refractivity contribution in [2.24, 2.45) is 5.92 Å². The summed E-state index contributed by atoms with van der Waals surface area (Å²) in [6.45, 7) is -0.0471. The van der Waals surface area contributed by atoms with E-state index in [1.807, 2.05) is 0 Å². The molecule has 1 saturated carbocycles. The van der Waals surface area contributed by atoms with Gasteiger partial charge in [0, 0.05) is 29.2 Å². The molecule has 2 rings (SSSR count). The topological polar surface area (TPSA) is 69.6 Å². The Morgan fingerprint density at radius 2 is 2.00 bits per heavy atom. The molecular weight excluding hydrogens is 254 g/mol. The van der Waals surface area contributed by atoms with E-state index in [0.717, 1.165) is 0 Å². The Balaban J connectivity index is 1.94. The highest BCUT2D eigenvalue weighted by Gasteiger charge is 2.33. The standard InChI is InChI=1S/C13H16ClNO3/c14-10-3-1-8(2-4-10)13(18)15-11-5-9(7-16)12(17)6-11/h1-4,9,11-12,16-17H,5-7H2,(H,15,18)/t9-,11+,12-/m1/s1. The van der Waals surface area contributed by atoms with Gasteiger partial charge in [-0.05, 0) is 37.1 Å². The molecule has 1 aromatic carbocycles. The fourth-order valence-corrected chi connectivity index (χ4v) is 2.41. The molecule has 0 aliphatic heterocycles. The van der Waals surface area contributed by atoms with Crippen LogP contribution in [0.25, 0.3) is 0 Å². The summed E-state index contributed by atoms with van der Waals surface area (Å²) in [7, 11) is 0. The predicted octanol–water partition coefficient (Wildman–Crippen LogP) is 1.20. The zero-order valence-electron chi connectivity index (χ0n) is 9.84. The van der Waals surface area contributed by atoms with Crippen molar-refractivity contribution in [1.29, 1.82) is 0 Å². The highest BCUT2D eigenvalue weighted by molar-refractivity contribution is 6.30. The maximum Gasteiger partial charge on any atom is 0.251 e. The summed E-state index contributed by atoms with van der Waals surface area (Å²) in [5.74, 6) is -0.317. The van der Waals surface area contributed by atoms with E-state index in [1.54, 1.807) is 24.3 Å². The number of carbonyl (C=O) groups is 1. The summed E-state index contributed by atoms with van der Waals surface area (Å²) in [6.07, 6.45) is 0.562. The van der Waals surface area contributed by atoms with E-state index in [-0.39, 0.29) is 24.5 Å². The van der Waals surface area contributed by atoms with Crippen molar-refractivity contribution in [3.63, 3.8) is 0 Å². The molecule has 0 heterocycles. The Labute approximate surface area is 111 Å². The van der Waals surface area contributed by atoms with Gasteiger partial charge in [0.15, 0.2) is 0 Å². The lowest BCUT2D eigenvalue weighted by atomic mass is 10.1. The van der Waals surface area contributed by atoms with E-state index in [4.69, 9.17) is 16.7 Å². The molecule has 1 aromatic rings. The van der Waals surface area contributed by atoms with Gasteiger partial charge in [-0.1, -0.05) is 11.6 Å². The number of carbonyl (C=O) groups excluding carboxylic acids is 1. The van der Waals surface area contributed by atoms with Gasteiger partial charge in [-0.2, -0.15) is 0 Å². The number of aliphatic hydroxyl groups is 2. The fraction of sp³-hybridized carbons (Fsp3) is 0.462. The first-order valence-corrected chi connectivity index (χ1v) is 6.33. The van der Waals surface area contributed by atoms with Crippen LogP contribution in [-0.2, 0) is 0 Å². The van der Waals surface area contributed by atoms with E-state index in [2.05, 4.69) is 5.32 Å².